The Morgan fingerprint density at radius 2 is 1.31 bits per heavy atom. The maximum atomic E-state index is 8.14. The van der Waals surface area contributed by atoms with Gasteiger partial charge in [0, 0.05) is 38.7 Å². The maximum absolute atomic E-state index is 8.14. The van der Waals surface area contributed by atoms with Crippen molar-refractivity contribution >= 4 is 41.4 Å². The normalized spacial score (nSPS) is 15.5. The molecule has 4 N–H and O–H groups in total. The molecule has 0 saturated heterocycles. The van der Waals surface area contributed by atoms with Gasteiger partial charge in [-0.25, -0.2) is 0 Å². The van der Waals surface area contributed by atoms with E-state index in [1.807, 2.05) is 25.8 Å². The summed E-state index contributed by atoms with van der Waals surface area (Å²) in [5.41, 5.74) is 17.9. The smallest absolute Gasteiger partial charge is 0.113 e. The zero-order valence-electron chi connectivity index (χ0n) is 40.4. The quantitative estimate of drug-likeness (QED) is 0.0331. The van der Waals surface area contributed by atoms with Crippen LogP contribution in [0.5, 0.6) is 0 Å². The minimum Gasteiger partial charge on any atom is -0.396 e. The van der Waals surface area contributed by atoms with Crippen LogP contribution in [0.1, 0.15) is 115 Å². The van der Waals surface area contributed by atoms with Gasteiger partial charge in [-0.3, -0.25) is 4.72 Å². The van der Waals surface area contributed by atoms with Crippen LogP contribution in [0, 0.1) is 17.8 Å². The molecule has 0 radical (unpaired) electrons. The molecule has 352 valence electrons. The van der Waals surface area contributed by atoms with Crippen molar-refractivity contribution in [1.29, 1.82) is 0 Å². The summed E-state index contributed by atoms with van der Waals surface area (Å²) in [5.74, 6) is 3.58. The third-order valence-electron chi connectivity index (χ3n) is 11.6. The van der Waals surface area contributed by atoms with Crippen LogP contribution in [0.3, 0.4) is 0 Å². The highest BCUT2D eigenvalue weighted by atomic mass is 32.2. The molecule has 2 aliphatic carbocycles. The summed E-state index contributed by atoms with van der Waals surface area (Å²) in [4.78, 5) is 0. The lowest BCUT2D eigenvalue weighted by Gasteiger charge is -2.36. The second kappa shape index (κ2) is 28.0. The number of thiol groups is 1. The minimum atomic E-state index is -0.222. The van der Waals surface area contributed by atoms with Crippen LogP contribution in [-0.4, -0.2) is 62.2 Å². The molecular formula is C57H78N2O4S2. The summed E-state index contributed by atoms with van der Waals surface area (Å²) >= 11 is 6.32. The number of fused-ring (bicyclic) bond motifs is 5. The molecule has 5 aromatic rings. The Balaban J connectivity index is 0.000000456. The number of nitrogens with two attached hydrogens (primary N) is 1. The third-order valence-corrected chi connectivity index (χ3v) is 12.8. The molecule has 0 saturated carbocycles. The van der Waals surface area contributed by atoms with Crippen LogP contribution in [0.15, 0.2) is 103 Å². The average Bonchev–Trinajstić information content (AvgIpc) is 3.32. The van der Waals surface area contributed by atoms with Crippen molar-refractivity contribution in [2.45, 2.75) is 105 Å². The van der Waals surface area contributed by atoms with E-state index in [0.29, 0.717) is 43.7 Å². The molecule has 0 heterocycles. The van der Waals surface area contributed by atoms with Crippen molar-refractivity contribution in [2.24, 2.45) is 23.5 Å². The van der Waals surface area contributed by atoms with E-state index in [4.69, 9.17) is 25.1 Å². The Bertz CT molecular complexity index is 2200. The molecule has 0 spiro atoms. The predicted octanol–water partition coefficient (Wildman–Crippen LogP) is 14.0. The van der Waals surface area contributed by atoms with E-state index in [2.05, 4.69) is 161 Å². The van der Waals surface area contributed by atoms with Crippen molar-refractivity contribution in [1.82, 2.24) is 4.72 Å². The minimum absolute atomic E-state index is 0.221. The van der Waals surface area contributed by atoms with E-state index < -0.39 is 0 Å². The van der Waals surface area contributed by atoms with Crippen LogP contribution in [0.2, 0.25) is 0 Å². The van der Waals surface area contributed by atoms with E-state index in [1.165, 1.54) is 72.8 Å². The van der Waals surface area contributed by atoms with Gasteiger partial charge in [0.1, 0.15) is 12.2 Å². The Morgan fingerprint density at radius 3 is 1.92 bits per heavy atom. The summed E-state index contributed by atoms with van der Waals surface area (Å²) < 4.78 is 22.8. The number of aliphatic hydroxyl groups excluding tert-OH is 1. The topological polar surface area (TPSA) is 86.0 Å². The van der Waals surface area contributed by atoms with Gasteiger partial charge < -0.3 is 25.1 Å². The van der Waals surface area contributed by atoms with Gasteiger partial charge in [0.05, 0.1) is 6.10 Å². The fourth-order valence-electron chi connectivity index (χ4n) is 7.89. The van der Waals surface area contributed by atoms with Gasteiger partial charge in [0.25, 0.3) is 0 Å². The number of hydrogen-bond donors (Lipinski definition) is 4. The number of aryl methyl sites for hydroxylation is 1. The molecule has 6 nitrogen and oxygen atoms in total. The fourth-order valence-corrected chi connectivity index (χ4v) is 8.69. The SMILES string of the molecule is CC(C)CCNSCCCOC1c2cc(-c3ccc4ccccc4c3)ccc2-c2ccc(-c3ccc4c(c3)CCC=C4)cc2C1OCCCS.CC(C)CO.CC(C)COC(C)CCN. The molecule has 3 unspecified atom stereocenters. The molecule has 0 bridgehead atoms. The zero-order chi connectivity index (χ0) is 46.6. The summed E-state index contributed by atoms with van der Waals surface area (Å²) in [6.45, 7) is 19.1. The summed E-state index contributed by atoms with van der Waals surface area (Å²) in [6, 6.07) is 36.2. The van der Waals surface area contributed by atoms with Gasteiger partial charge in [-0.15, -0.1) is 0 Å². The van der Waals surface area contributed by atoms with Crippen LogP contribution < -0.4 is 10.5 Å². The number of rotatable bonds is 21. The number of benzene rings is 5. The van der Waals surface area contributed by atoms with E-state index in [-0.39, 0.29) is 12.2 Å². The molecule has 2 aliphatic rings. The zero-order valence-corrected chi connectivity index (χ0v) is 42.1. The van der Waals surface area contributed by atoms with Gasteiger partial charge in [0.15, 0.2) is 0 Å². The Hall–Kier alpha value is -3.44. The highest BCUT2D eigenvalue weighted by molar-refractivity contribution is 7.97. The number of nitrogens with one attached hydrogen (secondary N) is 1. The summed E-state index contributed by atoms with van der Waals surface area (Å²) in [7, 11) is 0. The van der Waals surface area contributed by atoms with Crippen LogP contribution in [0.4, 0.5) is 0 Å². The van der Waals surface area contributed by atoms with Gasteiger partial charge in [-0.05, 0) is 160 Å². The lowest BCUT2D eigenvalue weighted by molar-refractivity contribution is -0.0787. The fraction of sp³-hybridized carbons (Fsp3) is 0.474. The first kappa shape index (κ1) is 52.5. The second-order valence-electron chi connectivity index (χ2n) is 18.7. The molecular weight excluding hydrogens is 841 g/mol. The molecule has 8 heteroatoms. The first-order valence-corrected chi connectivity index (χ1v) is 25.8. The molecule has 7 rings (SSSR count). The van der Waals surface area contributed by atoms with E-state index in [1.54, 1.807) is 0 Å². The van der Waals surface area contributed by atoms with Crippen LogP contribution in [0.25, 0.3) is 50.2 Å². The molecule has 3 atom stereocenters. The Labute approximate surface area is 402 Å². The number of ether oxygens (including phenoxy) is 3. The number of allylic oxidation sites excluding steroid dienone is 1. The molecule has 0 aliphatic heterocycles. The van der Waals surface area contributed by atoms with Crippen LogP contribution in [-0.2, 0) is 20.6 Å². The van der Waals surface area contributed by atoms with Gasteiger partial charge >= 0.3 is 0 Å². The molecule has 0 fully saturated rings. The Morgan fingerprint density at radius 1 is 0.708 bits per heavy atom. The molecule has 0 amide bonds. The van der Waals surface area contributed by atoms with Crippen molar-refractivity contribution < 1.29 is 19.3 Å². The standard InChI is InChI=1S/C45H49NO2S2.C8H19NO.C4H10O/c1-31(2)21-22-46-50-26-8-24-48-45-43-30-39(37-16-14-33-10-4-6-12-35(33)28-37)18-20-41(43)40-19-17-38(29-42(40)44(45)47-23-7-25-49)36-15-13-32-9-3-5-11-34(32)27-36;1-7(2)6-10-8(3)4-5-9;1-4(2)3-5/h3-4,6,9-10,12-20,27-31,44-46,49H,5,7-8,11,21-26H2,1-2H3;7-8H,4-6,9H2,1-3H3;4-5H,3H2,1-2H3. The second-order valence-corrected chi connectivity index (χ2v) is 20.1. The highest BCUT2D eigenvalue weighted by Gasteiger charge is 2.36. The first-order chi connectivity index (χ1) is 31.5. The average molecular weight is 919 g/mol. The highest BCUT2D eigenvalue weighted by Crippen LogP contribution is 2.50. The van der Waals surface area contributed by atoms with E-state index >= 15 is 0 Å². The monoisotopic (exact) mass is 919 g/mol. The number of aliphatic hydroxyl groups is 1. The van der Waals surface area contributed by atoms with Gasteiger partial charge in [-0.1, -0.05) is 145 Å². The maximum Gasteiger partial charge on any atom is 0.113 e. The van der Waals surface area contributed by atoms with E-state index in [0.717, 1.165) is 63.3 Å². The predicted molar refractivity (Wildman–Crippen MR) is 284 cm³/mol. The van der Waals surface area contributed by atoms with Crippen molar-refractivity contribution in [3.63, 3.8) is 0 Å². The van der Waals surface area contributed by atoms with Gasteiger partial charge in [-0.2, -0.15) is 12.6 Å². The van der Waals surface area contributed by atoms with E-state index in [9.17, 15) is 0 Å². The third kappa shape index (κ3) is 16.4. The molecule has 65 heavy (non-hydrogen) atoms. The summed E-state index contributed by atoms with van der Waals surface area (Å²) in [6.07, 6.45) is 10.6. The van der Waals surface area contributed by atoms with Crippen molar-refractivity contribution in [2.75, 3.05) is 51.0 Å². The largest absolute Gasteiger partial charge is 0.396 e. The van der Waals surface area contributed by atoms with Crippen molar-refractivity contribution in [3.8, 4) is 33.4 Å². The van der Waals surface area contributed by atoms with Crippen LogP contribution >= 0.6 is 24.6 Å². The lowest BCUT2D eigenvalue weighted by Crippen LogP contribution is -2.24. The summed E-state index contributed by atoms with van der Waals surface area (Å²) in [5, 5.41) is 10.6. The number of hydrogen-bond acceptors (Lipinski definition) is 8. The lowest BCUT2D eigenvalue weighted by atomic mass is 9.79. The molecule has 5 aromatic carbocycles. The van der Waals surface area contributed by atoms with Crippen molar-refractivity contribution in [3.05, 3.63) is 125 Å². The molecule has 0 aromatic heterocycles. The Kier molecular flexibility index (Phi) is 22.6. The van der Waals surface area contributed by atoms with Gasteiger partial charge in [0.2, 0.25) is 0 Å². The first-order valence-electron chi connectivity index (χ1n) is 24.2.